The van der Waals surface area contributed by atoms with Gasteiger partial charge in [0.15, 0.2) is 0 Å². The molecule has 0 spiro atoms. The second-order valence-electron chi connectivity index (χ2n) is 4.63. The average Bonchev–Trinajstić information content (AvgIpc) is 2.60. The zero-order valence-electron chi connectivity index (χ0n) is 10.0. The number of hydrogen-bond donors (Lipinski definition) is 1. The number of imidazole rings is 1. The molecule has 1 fully saturated rings. The van der Waals surface area contributed by atoms with E-state index in [1.54, 1.807) is 13.3 Å². The lowest BCUT2D eigenvalue weighted by molar-refractivity contribution is -0.151. The van der Waals surface area contributed by atoms with Crippen molar-refractivity contribution >= 4 is 0 Å². The van der Waals surface area contributed by atoms with E-state index in [0.717, 1.165) is 37.9 Å². The molecular weight excluding hydrogens is 204 g/mol. The summed E-state index contributed by atoms with van der Waals surface area (Å²) in [6.07, 6.45) is 7.98. The summed E-state index contributed by atoms with van der Waals surface area (Å²) < 4.78 is 7.45. The molecule has 0 bridgehead atoms. The summed E-state index contributed by atoms with van der Waals surface area (Å²) in [6.45, 7) is 0. The normalized spacial score (nSPS) is 20.4. The third-order valence-electron chi connectivity index (χ3n) is 3.78. The quantitative estimate of drug-likeness (QED) is 0.819. The Morgan fingerprint density at radius 2 is 2.38 bits per heavy atom. The third kappa shape index (κ3) is 1.99. The second-order valence-corrected chi connectivity index (χ2v) is 4.63. The van der Waals surface area contributed by atoms with Crippen molar-refractivity contribution in [3.63, 3.8) is 0 Å². The van der Waals surface area contributed by atoms with Crippen molar-refractivity contribution in [1.82, 2.24) is 9.55 Å². The fourth-order valence-corrected chi connectivity index (χ4v) is 2.36. The van der Waals surface area contributed by atoms with Crippen LogP contribution in [0.3, 0.4) is 0 Å². The number of rotatable bonds is 5. The first kappa shape index (κ1) is 11.6. The number of aliphatic hydroxyl groups excluding tert-OH is 1. The van der Waals surface area contributed by atoms with E-state index in [2.05, 4.69) is 4.98 Å². The number of aryl methyl sites for hydroxylation is 2. The van der Waals surface area contributed by atoms with E-state index in [0.29, 0.717) is 0 Å². The number of aliphatic hydroxyl groups is 1. The minimum Gasteiger partial charge on any atom is -0.390 e. The highest BCUT2D eigenvalue weighted by atomic mass is 16.5. The molecule has 1 aromatic rings. The molecule has 1 heterocycles. The van der Waals surface area contributed by atoms with Crippen molar-refractivity contribution in [1.29, 1.82) is 0 Å². The highest BCUT2D eigenvalue weighted by molar-refractivity contribution is 4.98. The zero-order valence-corrected chi connectivity index (χ0v) is 10.0. The van der Waals surface area contributed by atoms with Gasteiger partial charge in [-0.2, -0.15) is 0 Å². The Morgan fingerprint density at radius 3 is 2.81 bits per heavy atom. The Balaban J connectivity index is 1.88. The fourth-order valence-electron chi connectivity index (χ4n) is 2.36. The van der Waals surface area contributed by atoms with Crippen LogP contribution < -0.4 is 0 Å². The van der Waals surface area contributed by atoms with E-state index in [9.17, 15) is 5.11 Å². The monoisotopic (exact) mass is 224 g/mol. The minimum atomic E-state index is -0.372. The van der Waals surface area contributed by atoms with Gasteiger partial charge < -0.3 is 14.4 Å². The van der Waals surface area contributed by atoms with Gasteiger partial charge in [0, 0.05) is 33.0 Å². The molecule has 1 aliphatic carbocycles. The van der Waals surface area contributed by atoms with Gasteiger partial charge >= 0.3 is 0 Å². The van der Waals surface area contributed by atoms with Gasteiger partial charge in [-0.15, -0.1) is 0 Å². The minimum absolute atomic E-state index is 0.273. The molecule has 16 heavy (non-hydrogen) atoms. The van der Waals surface area contributed by atoms with Gasteiger partial charge in [-0.05, 0) is 25.7 Å². The smallest absolute Gasteiger partial charge is 0.108 e. The molecule has 1 aliphatic rings. The highest BCUT2D eigenvalue weighted by Gasteiger charge is 2.43. The van der Waals surface area contributed by atoms with Crippen LogP contribution >= 0.6 is 0 Å². The molecule has 0 radical (unpaired) electrons. The molecule has 90 valence electrons. The number of hydrogen-bond acceptors (Lipinski definition) is 3. The standard InChI is InChI=1S/C12H20N2O2/c1-14-9-8-13-11(14)5-4-10(15)12(16-2)6-3-7-12/h8-10,15H,3-7H2,1-2H3. The molecule has 0 amide bonds. The van der Waals surface area contributed by atoms with Crippen LogP contribution in [-0.4, -0.2) is 33.5 Å². The van der Waals surface area contributed by atoms with Crippen molar-refractivity contribution in [2.24, 2.45) is 7.05 Å². The lowest BCUT2D eigenvalue weighted by Crippen LogP contribution is -2.50. The van der Waals surface area contributed by atoms with Gasteiger partial charge in [0.25, 0.3) is 0 Å². The van der Waals surface area contributed by atoms with Gasteiger partial charge in [0.2, 0.25) is 0 Å². The SMILES string of the molecule is COC1(C(O)CCc2nccn2C)CCC1. The van der Waals surface area contributed by atoms with Crippen molar-refractivity contribution in [3.8, 4) is 0 Å². The maximum atomic E-state index is 10.1. The predicted octanol–water partition coefficient (Wildman–Crippen LogP) is 1.28. The summed E-state index contributed by atoms with van der Waals surface area (Å²) in [4.78, 5) is 4.25. The van der Waals surface area contributed by atoms with E-state index in [-0.39, 0.29) is 11.7 Å². The number of aromatic nitrogens is 2. The van der Waals surface area contributed by atoms with Crippen LogP contribution in [0.15, 0.2) is 12.4 Å². The van der Waals surface area contributed by atoms with Crippen molar-refractivity contribution in [3.05, 3.63) is 18.2 Å². The van der Waals surface area contributed by atoms with E-state index in [4.69, 9.17) is 4.74 Å². The number of nitrogens with zero attached hydrogens (tertiary/aromatic N) is 2. The first-order chi connectivity index (χ1) is 7.68. The summed E-state index contributed by atoms with van der Waals surface area (Å²) in [5, 5.41) is 10.1. The molecule has 4 nitrogen and oxygen atoms in total. The molecule has 1 unspecified atom stereocenters. The summed E-state index contributed by atoms with van der Waals surface area (Å²) in [6, 6.07) is 0. The molecule has 1 atom stereocenters. The molecular formula is C12H20N2O2. The van der Waals surface area contributed by atoms with Crippen LogP contribution in [0, 0.1) is 0 Å². The molecule has 0 aliphatic heterocycles. The van der Waals surface area contributed by atoms with Gasteiger partial charge in [0.1, 0.15) is 5.82 Å². The lowest BCUT2D eigenvalue weighted by Gasteiger charge is -2.44. The largest absolute Gasteiger partial charge is 0.390 e. The maximum absolute atomic E-state index is 10.1. The predicted molar refractivity (Wildman–Crippen MR) is 61.1 cm³/mol. The Hall–Kier alpha value is -0.870. The van der Waals surface area contributed by atoms with E-state index in [1.807, 2.05) is 17.8 Å². The molecule has 1 N–H and O–H groups in total. The van der Waals surface area contributed by atoms with Crippen LogP contribution in [0.1, 0.15) is 31.5 Å². The molecule has 4 heteroatoms. The Labute approximate surface area is 96.3 Å². The van der Waals surface area contributed by atoms with E-state index in [1.165, 1.54) is 0 Å². The Kier molecular flexibility index (Phi) is 3.30. The second kappa shape index (κ2) is 4.55. The highest BCUT2D eigenvalue weighted by Crippen LogP contribution is 2.39. The van der Waals surface area contributed by atoms with E-state index < -0.39 is 0 Å². The Bertz CT molecular complexity index is 339. The summed E-state index contributed by atoms with van der Waals surface area (Å²) >= 11 is 0. The maximum Gasteiger partial charge on any atom is 0.108 e. The fraction of sp³-hybridized carbons (Fsp3) is 0.750. The summed E-state index contributed by atoms with van der Waals surface area (Å²) in [7, 11) is 3.67. The third-order valence-corrected chi connectivity index (χ3v) is 3.78. The van der Waals surface area contributed by atoms with Crippen molar-refractivity contribution < 1.29 is 9.84 Å². The van der Waals surface area contributed by atoms with Gasteiger partial charge in [0.05, 0.1) is 11.7 Å². The van der Waals surface area contributed by atoms with Crippen LogP contribution in [0.25, 0.3) is 0 Å². The molecule has 2 rings (SSSR count). The first-order valence-corrected chi connectivity index (χ1v) is 5.87. The average molecular weight is 224 g/mol. The van der Waals surface area contributed by atoms with E-state index >= 15 is 0 Å². The van der Waals surface area contributed by atoms with Gasteiger partial charge in [-0.25, -0.2) is 4.98 Å². The van der Waals surface area contributed by atoms with Crippen molar-refractivity contribution in [2.75, 3.05) is 7.11 Å². The van der Waals surface area contributed by atoms with Crippen molar-refractivity contribution in [2.45, 2.75) is 43.8 Å². The van der Waals surface area contributed by atoms with Crippen LogP contribution in [-0.2, 0) is 18.2 Å². The number of ether oxygens (including phenoxy) is 1. The lowest BCUT2D eigenvalue weighted by atomic mass is 9.74. The molecule has 1 aromatic heterocycles. The summed E-state index contributed by atoms with van der Waals surface area (Å²) in [5.41, 5.74) is -0.273. The molecule has 0 saturated heterocycles. The van der Waals surface area contributed by atoms with Gasteiger partial charge in [-0.3, -0.25) is 0 Å². The topological polar surface area (TPSA) is 47.3 Å². The summed E-state index contributed by atoms with van der Waals surface area (Å²) in [5.74, 6) is 1.02. The van der Waals surface area contributed by atoms with Gasteiger partial charge in [-0.1, -0.05) is 0 Å². The van der Waals surface area contributed by atoms with Crippen LogP contribution in [0.4, 0.5) is 0 Å². The number of methoxy groups -OCH3 is 1. The molecule has 0 aromatic carbocycles. The molecule has 1 saturated carbocycles. The Morgan fingerprint density at radius 1 is 1.62 bits per heavy atom. The van der Waals surface area contributed by atoms with Crippen LogP contribution in [0.2, 0.25) is 0 Å². The van der Waals surface area contributed by atoms with Crippen LogP contribution in [0.5, 0.6) is 0 Å². The first-order valence-electron chi connectivity index (χ1n) is 5.87. The zero-order chi connectivity index (χ0) is 11.6.